The zero-order chi connectivity index (χ0) is 8.27. The molecule has 0 amide bonds. The Hall–Kier alpha value is -1.18. The molecule has 1 aromatic heterocycles. The highest BCUT2D eigenvalue weighted by Crippen LogP contribution is 2.02. The topological polar surface area (TPSA) is 75.6 Å². The first-order chi connectivity index (χ1) is 5.24. The van der Waals surface area contributed by atoms with Gasteiger partial charge in [0, 0.05) is 6.04 Å². The number of aromatic nitrogens is 2. The van der Waals surface area contributed by atoms with Crippen molar-refractivity contribution in [2.45, 2.75) is 13.0 Å². The minimum absolute atomic E-state index is 0. The van der Waals surface area contributed by atoms with Crippen molar-refractivity contribution in [2.24, 2.45) is 5.73 Å². The zero-order valence-corrected chi connectivity index (χ0v) is 7.38. The highest BCUT2D eigenvalue weighted by molar-refractivity contribution is 5.85. The van der Waals surface area contributed by atoms with Crippen LogP contribution in [0.15, 0.2) is 12.4 Å². The summed E-state index contributed by atoms with van der Waals surface area (Å²) >= 11 is 0. The van der Waals surface area contributed by atoms with E-state index in [1.165, 1.54) is 12.4 Å². The van der Waals surface area contributed by atoms with Gasteiger partial charge in [0.05, 0.1) is 18.1 Å². The second kappa shape index (κ2) is 4.65. The van der Waals surface area contributed by atoms with Crippen molar-refractivity contribution in [2.75, 3.05) is 0 Å². The van der Waals surface area contributed by atoms with Crippen LogP contribution in [0.5, 0.6) is 0 Å². The predicted molar refractivity (Wildman–Crippen MR) is 46.6 cm³/mol. The summed E-state index contributed by atoms with van der Waals surface area (Å²) in [5.74, 6) is 0. The van der Waals surface area contributed by atoms with E-state index in [2.05, 4.69) is 9.97 Å². The number of nitrogens with zero attached hydrogens (tertiary/aromatic N) is 3. The Morgan fingerprint density at radius 3 is 2.50 bits per heavy atom. The van der Waals surface area contributed by atoms with Crippen LogP contribution in [0.3, 0.4) is 0 Å². The highest BCUT2D eigenvalue weighted by atomic mass is 35.5. The summed E-state index contributed by atoms with van der Waals surface area (Å²) in [7, 11) is 0. The molecule has 1 rings (SSSR count). The Bertz CT molecular complexity index is 274. The zero-order valence-electron chi connectivity index (χ0n) is 6.56. The van der Waals surface area contributed by atoms with Gasteiger partial charge in [-0.05, 0) is 6.92 Å². The third-order valence-electron chi connectivity index (χ3n) is 1.25. The maximum atomic E-state index is 8.38. The number of nitrogens with two attached hydrogens (primary N) is 1. The Morgan fingerprint density at radius 2 is 2.17 bits per heavy atom. The Morgan fingerprint density at radius 1 is 1.50 bits per heavy atom. The lowest BCUT2D eigenvalue weighted by atomic mass is 10.3. The van der Waals surface area contributed by atoms with Crippen LogP contribution >= 0.6 is 12.4 Å². The van der Waals surface area contributed by atoms with Gasteiger partial charge in [-0.1, -0.05) is 0 Å². The quantitative estimate of drug-likeness (QED) is 0.700. The standard InChI is InChI=1S/C7H8N4.ClH/c1-5(9)7-4-10-6(2-8)3-11-7;/h3-5H,9H2,1H3;1H/t5-;/m0./s1. The van der Waals surface area contributed by atoms with Gasteiger partial charge in [-0.2, -0.15) is 5.26 Å². The highest BCUT2D eigenvalue weighted by Gasteiger charge is 2.00. The minimum atomic E-state index is -0.129. The predicted octanol–water partition coefficient (Wildman–Crippen LogP) is 0.790. The minimum Gasteiger partial charge on any atom is -0.323 e. The van der Waals surface area contributed by atoms with Crippen LogP contribution in [0, 0.1) is 11.3 Å². The summed E-state index contributed by atoms with van der Waals surface area (Å²) < 4.78 is 0. The van der Waals surface area contributed by atoms with Crippen molar-refractivity contribution in [3.63, 3.8) is 0 Å². The van der Waals surface area contributed by atoms with Crippen LogP contribution < -0.4 is 5.73 Å². The van der Waals surface area contributed by atoms with E-state index in [4.69, 9.17) is 11.0 Å². The van der Waals surface area contributed by atoms with E-state index in [0.717, 1.165) is 0 Å². The largest absolute Gasteiger partial charge is 0.323 e. The van der Waals surface area contributed by atoms with E-state index in [1.807, 2.05) is 13.0 Å². The maximum Gasteiger partial charge on any atom is 0.158 e. The molecule has 12 heavy (non-hydrogen) atoms. The van der Waals surface area contributed by atoms with Gasteiger partial charge in [0.25, 0.3) is 0 Å². The fourth-order valence-corrected chi connectivity index (χ4v) is 0.631. The van der Waals surface area contributed by atoms with E-state index in [-0.39, 0.29) is 18.4 Å². The van der Waals surface area contributed by atoms with Crippen molar-refractivity contribution in [1.29, 1.82) is 5.26 Å². The van der Waals surface area contributed by atoms with Crippen LogP contribution in [0.2, 0.25) is 0 Å². The summed E-state index contributed by atoms with van der Waals surface area (Å²) in [4.78, 5) is 7.75. The Labute approximate surface area is 76.9 Å². The molecule has 0 aromatic carbocycles. The number of hydrogen-bond acceptors (Lipinski definition) is 4. The first-order valence-electron chi connectivity index (χ1n) is 3.21. The van der Waals surface area contributed by atoms with E-state index in [9.17, 15) is 0 Å². The van der Waals surface area contributed by atoms with Crippen LogP contribution in [-0.2, 0) is 0 Å². The van der Waals surface area contributed by atoms with Gasteiger partial charge < -0.3 is 5.73 Å². The molecular weight excluding hydrogens is 176 g/mol. The molecule has 5 heteroatoms. The average Bonchev–Trinajstić information content (AvgIpc) is 2.05. The van der Waals surface area contributed by atoms with Gasteiger partial charge >= 0.3 is 0 Å². The molecule has 0 unspecified atom stereocenters. The molecule has 1 heterocycles. The molecule has 2 N–H and O–H groups in total. The van der Waals surface area contributed by atoms with Crippen LogP contribution in [0.4, 0.5) is 0 Å². The fourth-order valence-electron chi connectivity index (χ4n) is 0.631. The molecule has 0 spiro atoms. The van der Waals surface area contributed by atoms with Crippen molar-refractivity contribution in [1.82, 2.24) is 9.97 Å². The summed E-state index contributed by atoms with van der Waals surface area (Å²) in [5.41, 5.74) is 6.53. The van der Waals surface area contributed by atoms with Gasteiger partial charge in [-0.15, -0.1) is 12.4 Å². The average molecular weight is 185 g/mol. The smallest absolute Gasteiger partial charge is 0.158 e. The first kappa shape index (κ1) is 10.8. The maximum absolute atomic E-state index is 8.38. The normalized spacial score (nSPS) is 11.1. The molecular formula is C7H9ClN4. The first-order valence-corrected chi connectivity index (χ1v) is 3.21. The Balaban J connectivity index is 0.00000121. The van der Waals surface area contributed by atoms with Crippen LogP contribution in [0.1, 0.15) is 24.4 Å². The summed E-state index contributed by atoms with van der Waals surface area (Å²) in [6, 6.07) is 1.75. The molecule has 4 nitrogen and oxygen atoms in total. The Kier molecular flexibility index (Phi) is 4.19. The van der Waals surface area contributed by atoms with Gasteiger partial charge in [-0.3, -0.25) is 4.98 Å². The van der Waals surface area contributed by atoms with E-state index in [1.54, 1.807) is 0 Å². The molecule has 0 saturated heterocycles. The molecule has 0 aliphatic heterocycles. The molecule has 1 atom stereocenters. The molecule has 64 valence electrons. The van der Waals surface area contributed by atoms with E-state index >= 15 is 0 Å². The van der Waals surface area contributed by atoms with Crippen molar-refractivity contribution in [3.8, 4) is 6.07 Å². The van der Waals surface area contributed by atoms with Crippen molar-refractivity contribution in [3.05, 3.63) is 23.8 Å². The van der Waals surface area contributed by atoms with Crippen LogP contribution in [-0.4, -0.2) is 9.97 Å². The second-order valence-corrected chi connectivity index (χ2v) is 2.23. The second-order valence-electron chi connectivity index (χ2n) is 2.23. The van der Waals surface area contributed by atoms with Crippen molar-refractivity contribution >= 4 is 12.4 Å². The van der Waals surface area contributed by atoms with Gasteiger partial charge in [0.2, 0.25) is 0 Å². The van der Waals surface area contributed by atoms with Gasteiger partial charge in [0.1, 0.15) is 6.07 Å². The van der Waals surface area contributed by atoms with Crippen molar-refractivity contribution < 1.29 is 0 Å². The molecule has 0 radical (unpaired) electrons. The number of hydrogen-bond donors (Lipinski definition) is 1. The lowest BCUT2D eigenvalue weighted by Gasteiger charge is -2.01. The molecule has 0 saturated carbocycles. The molecule has 0 bridgehead atoms. The fraction of sp³-hybridized carbons (Fsp3) is 0.286. The van der Waals surface area contributed by atoms with E-state index in [0.29, 0.717) is 11.4 Å². The third kappa shape index (κ3) is 2.46. The number of halogens is 1. The van der Waals surface area contributed by atoms with E-state index < -0.39 is 0 Å². The van der Waals surface area contributed by atoms with Crippen LogP contribution in [0.25, 0.3) is 0 Å². The summed E-state index contributed by atoms with van der Waals surface area (Å²) in [6.45, 7) is 1.82. The summed E-state index contributed by atoms with van der Waals surface area (Å²) in [5, 5.41) is 8.38. The monoisotopic (exact) mass is 184 g/mol. The summed E-state index contributed by atoms with van der Waals surface area (Å²) in [6.07, 6.45) is 2.93. The molecule has 0 fully saturated rings. The van der Waals surface area contributed by atoms with Gasteiger partial charge in [0.15, 0.2) is 5.69 Å². The molecule has 1 aromatic rings. The molecule has 0 aliphatic rings. The van der Waals surface area contributed by atoms with Gasteiger partial charge in [-0.25, -0.2) is 4.98 Å². The third-order valence-corrected chi connectivity index (χ3v) is 1.25. The molecule has 0 aliphatic carbocycles. The number of rotatable bonds is 1. The lowest BCUT2D eigenvalue weighted by Crippen LogP contribution is -2.07. The SMILES string of the molecule is C[C@H](N)c1cnc(C#N)cn1.Cl. The lowest BCUT2D eigenvalue weighted by molar-refractivity contribution is 0.771. The number of nitriles is 1.